The number of allylic oxidation sites excluding steroid dienone is 1. The summed E-state index contributed by atoms with van der Waals surface area (Å²) in [5.41, 5.74) is 1.19. The van der Waals surface area contributed by atoms with Crippen molar-refractivity contribution < 1.29 is 14.3 Å². The van der Waals surface area contributed by atoms with Crippen molar-refractivity contribution in [1.29, 1.82) is 0 Å². The number of carbonyl (C=O) groups excluding carboxylic acids is 1. The van der Waals surface area contributed by atoms with Crippen LogP contribution >= 0.6 is 0 Å². The number of morpholine rings is 1. The summed E-state index contributed by atoms with van der Waals surface area (Å²) in [7, 11) is 0. The predicted molar refractivity (Wildman–Crippen MR) is 108 cm³/mol. The molecule has 1 amide bonds. The Balaban J connectivity index is 1.42. The zero-order chi connectivity index (χ0) is 19.1. The van der Waals surface area contributed by atoms with E-state index in [0.717, 1.165) is 58.0 Å². The van der Waals surface area contributed by atoms with Gasteiger partial charge in [-0.2, -0.15) is 0 Å². The number of likely N-dealkylation sites (tertiary alicyclic amines) is 1. The predicted octanol–water partition coefficient (Wildman–Crippen LogP) is 3.06. The molecule has 2 heterocycles. The van der Waals surface area contributed by atoms with Crippen LogP contribution in [-0.4, -0.2) is 67.7 Å². The van der Waals surface area contributed by atoms with Gasteiger partial charge in [-0.1, -0.05) is 24.3 Å². The summed E-state index contributed by atoms with van der Waals surface area (Å²) in [6, 6.07) is 8.23. The van der Waals surface area contributed by atoms with Crippen LogP contribution in [0.15, 0.2) is 30.3 Å². The van der Waals surface area contributed by atoms with Crippen LogP contribution in [-0.2, 0) is 9.53 Å². The van der Waals surface area contributed by atoms with Crippen molar-refractivity contribution in [2.24, 2.45) is 5.92 Å². The molecule has 2 fully saturated rings. The number of hydrogen-bond donors (Lipinski definition) is 0. The highest BCUT2D eigenvalue weighted by atomic mass is 16.5. The molecule has 5 nitrogen and oxygen atoms in total. The quantitative estimate of drug-likeness (QED) is 0.770. The Morgan fingerprint density at radius 3 is 2.44 bits per heavy atom. The summed E-state index contributed by atoms with van der Waals surface area (Å²) < 4.78 is 11.0. The maximum atomic E-state index is 12.5. The van der Waals surface area contributed by atoms with Gasteiger partial charge in [0.25, 0.3) is 0 Å². The van der Waals surface area contributed by atoms with Crippen LogP contribution in [0.3, 0.4) is 0 Å². The number of rotatable bonds is 6. The summed E-state index contributed by atoms with van der Waals surface area (Å²) in [6.07, 6.45) is 6.76. The van der Waals surface area contributed by atoms with E-state index in [9.17, 15) is 4.79 Å². The van der Waals surface area contributed by atoms with Crippen molar-refractivity contribution in [3.8, 4) is 5.75 Å². The number of carbonyl (C=O) groups is 1. The van der Waals surface area contributed by atoms with Crippen LogP contribution in [0.25, 0.3) is 6.08 Å². The minimum atomic E-state index is 0.197. The number of nitrogens with zero attached hydrogens (tertiary/aromatic N) is 2. The van der Waals surface area contributed by atoms with E-state index >= 15 is 0 Å². The Labute approximate surface area is 162 Å². The Hall–Kier alpha value is -1.85. The average Bonchev–Trinajstić information content (AvgIpc) is 2.68. The molecule has 1 aromatic rings. The second-order valence-electron chi connectivity index (χ2n) is 7.70. The molecule has 0 N–H and O–H groups in total. The number of hydrogen-bond acceptors (Lipinski definition) is 4. The fourth-order valence-corrected chi connectivity index (χ4v) is 3.57. The van der Waals surface area contributed by atoms with Gasteiger partial charge >= 0.3 is 0 Å². The second kappa shape index (κ2) is 9.90. The van der Waals surface area contributed by atoms with E-state index in [4.69, 9.17) is 9.47 Å². The molecular weight excluding hydrogens is 340 g/mol. The van der Waals surface area contributed by atoms with Gasteiger partial charge in [-0.25, -0.2) is 0 Å². The molecule has 27 heavy (non-hydrogen) atoms. The van der Waals surface area contributed by atoms with E-state index in [2.05, 4.69) is 29.2 Å². The van der Waals surface area contributed by atoms with Gasteiger partial charge in [0.2, 0.25) is 5.91 Å². The van der Waals surface area contributed by atoms with Crippen LogP contribution in [0, 0.1) is 5.92 Å². The Morgan fingerprint density at radius 2 is 1.81 bits per heavy atom. The van der Waals surface area contributed by atoms with Crippen LogP contribution < -0.4 is 4.74 Å². The molecule has 1 aromatic carbocycles. The van der Waals surface area contributed by atoms with Crippen LogP contribution in [0.1, 0.15) is 32.3 Å². The SMILES string of the molecule is CC(C)Oc1ccc(C=CC2CCN(C(=O)CN3CCOCC3)CC2)cc1. The number of benzene rings is 1. The highest BCUT2D eigenvalue weighted by Crippen LogP contribution is 2.21. The van der Waals surface area contributed by atoms with Crippen molar-refractivity contribution in [2.45, 2.75) is 32.8 Å². The molecule has 2 saturated heterocycles. The normalized spacial score (nSPS) is 19.7. The first kappa shape index (κ1) is 19.9. The molecule has 0 unspecified atom stereocenters. The summed E-state index contributed by atoms with van der Waals surface area (Å²) in [5.74, 6) is 1.72. The number of ether oxygens (including phenoxy) is 2. The second-order valence-corrected chi connectivity index (χ2v) is 7.70. The maximum absolute atomic E-state index is 12.5. The zero-order valence-electron chi connectivity index (χ0n) is 16.6. The van der Waals surface area contributed by atoms with Crippen LogP contribution in [0.2, 0.25) is 0 Å². The van der Waals surface area contributed by atoms with Gasteiger partial charge < -0.3 is 14.4 Å². The van der Waals surface area contributed by atoms with Crippen LogP contribution in [0.4, 0.5) is 0 Å². The maximum Gasteiger partial charge on any atom is 0.236 e. The van der Waals surface area contributed by atoms with E-state index < -0.39 is 0 Å². The fourth-order valence-electron chi connectivity index (χ4n) is 3.57. The molecule has 0 aromatic heterocycles. The van der Waals surface area contributed by atoms with Gasteiger partial charge in [-0.05, 0) is 50.3 Å². The third-order valence-corrected chi connectivity index (χ3v) is 5.17. The molecule has 0 aliphatic carbocycles. The molecule has 2 aliphatic heterocycles. The Bertz CT molecular complexity index is 613. The van der Waals surface area contributed by atoms with Crippen molar-refractivity contribution in [2.75, 3.05) is 45.9 Å². The molecule has 0 saturated carbocycles. The fraction of sp³-hybridized carbons (Fsp3) is 0.591. The molecule has 0 atom stereocenters. The van der Waals surface area contributed by atoms with E-state index in [1.165, 1.54) is 5.56 Å². The van der Waals surface area contributed by atoms with Crippen molar-refractivity contribution in [3.05, 3.63) is 35.9 Å². The number of piperidine rings is 1. The molecule has 2 aliphatic rings. The van der Waals surface area contributed by atoms with Gasteiger partial charge in [0.05, 0.1) is 25.9 Å². The lowest BCUT2D eigenvalue weighted by molar-refractivity contribution is -0.134. The first-order chi connectivity index (χ1) is 13.1. The minimum absolute atomic E-state index is 0.197. The van der Waals surface area contributed by atoms with Gasteiger partial charge in [0, 0.05) is 26.2 Å². The van der Waals surface area contributed by atoms with Gasteiger partial charge in [0.15, 0.2) is 0 Å². The van der Waals surface area contributed by atoms with Crippen LogP contribution in [0.5, 0.6) is 5.75 Å². The summed E-state index contributed by atoms with van der Waals surface area (Å²) in [4.78, 5) is 16.7. The van der Waals surface area contributed by atoms with Crippen molar-refractivity contribution in [3.63, 3.8) is 0 Å². The van der Waals surface area contributed by atoms with Gasteiger partial charge in [-0.3, -0.25) is 9.69 Å². The Morgan fingerprint density at radius 1 is 1.15 bits per heavy atom. The molecule has 0 radical (unpaired) electrons. The molecule has 0 spiro atoms. The smallest absolute Gasteiger partial charge is 0.236 e. The molecule has 5 heteroatoms. The standard InChI is InChI=1S/C22H32N2O3/c1-18(2)27-21-7-5-19(6-8-21)3-4-20-9-11-24(12-10-20)22(25)17-23-13-15-26-16-14-23/h3-8,18,20H,9-17H2,1-2H3. The lowest BCUT2D eigenvalue weighted by atomic mass is 9.95. The summed E-state index contributed by atoms with van der Waals surface area (Å²) in [5, 5.41) is 0. The molecule has 148 valence electrons. The largest absolute Gasteiger partial charge is 0.491 e. The highest BCUT2D eigenvalue weighted by molar-refractivity contribution is 5.78. The minimum Gasteiger partial charge on any atom is -0.491 e. The van der Waals surface area contributed by atoms with Gasteiger partial charge in [0.1, 0.15) is 5.75 Å². The van der Waals surface area contributed by atoms with Crippen molar-refractivity contribution >= 4 is 12.0 Å². The first-order valence-electron chi connectivity index (χ1n) is 10.1. The Kier molecular flexibility index (Phi) is 7.30. The van der Waals surface area contributed by atoms with E-state index in [1.54, 1.807) is 0 Å². The lowest BCUT2D eigenvalue weighted by Gasteiger charge is -2.33. The third-order valence-electron chi connectivity index (χ3n) is 5.17. The highest BCUT2D eigenvalue weighted by Gasteiger charge is 2.23. The van der Waals surface area contributed by atoms with E-state index in [0.29, 0.717) is 12.5 Å². The first-order valence-corrected chi connectivity index (χ1v) is 10.1. The lowest BCUT2D eigenvalue weighted by Crippen LogP contribution is -2.46. The van der Waals surface area contributed by atoms with Gasteiger partial charge in [-0.15, -0.1) is 0 Å². The molecule has 3 rings (SSSR count). The topological polar surface area (TPSA) is 42.0 Å². The zero-order valence-corrected chi connectivity index (χ0v) is 16.6. The monoisotopic (exact) mass is 372 g/mol. The molecular formula is C22H32N2O3. The molecule has 0 bridgehead atoms. The summed E-state index contributed by atoms with van der Waals surface area (Å²) in [6.45, 7) is 9.54. The van der Waals surface area contributed by atoms with E-state index in [-0.39, 0.29) is 12.0 Å². The third kappa shape index (κ3) is 6.36. The van der Waals surface area contributed by atoms with E-state index in [1.807, 2.05) is 30.9 Å². The number of amides is 1. The van der Waals surface area contributed by atoms with Crippen molar-refractivity contribution in [1.82, 2.24) is 9.80 Å². The summed E-state index contributed by atoms with van der Waals surface area (Å²) >= 11 is 0. The average molecular weight is 373 g/mol.